The summed E-state index contributed by atoms with van der Waals surface area (Å²) in [5.41, 5.74) is 12.7. The lowest BCUT2D eigenvalue weighted by Gasteiger charge is -2.32. The fourth-order valence-corrected chi connectivity index (χ4v) is 5.06. The van der Waals surface area contributed by atoms with Crippen molar-refractivity contribution in [1.29, 1.82) is 0 Å². The van der Waals surface area contributed by atoms with Gasteiger partial charge < -0.3 is 51.1 Å². The Morgan fingerprint density at radius 3 is 2.31 bits per heavy atom. The smallest absolute Gasteiger partial charge is 0.450 e. The molecule has 8 N–H and O–H groups in total. The predicted molar refractivity (Wildman–Crippen MR) is 153 cm³/mol. The second-order valence-electron chi connectivity index (χ2n) is 10.6. The van der Waals surface area contributed by atoms with Gasteiger partial charge in [0.1, 0.15) is 12.2 Å². The van der Waals surface area contributed by atoms with Crippen molar-refractivity contribution in [3.63, 3.8) is 0 Å². The molecule has 0 aromatic rings. The molecule has 1 aliphatic heterocycles. The number of methoxy groups -OCH3 is 2. The highest BCUT2D eigenvalue weighted by Crippen LogP contribution is 2.31. The normalized spacial score (nSPS) is 35.0. The maximum atomic E-state index is 13.0. The molecule has 234 valence electrons. The molecule has 2 bridgehead atoms. The molecule has 0 fully saturated rings. The number of aliphatic hydroxyl groups is 2. The Labute approximate surface area is 245 Å². The fourth-order valence-electron chi connectivity index (χ4n) is 5.06. The molecule has 2 unspecified atom stereocenters. The molecule has 0 saturated carbocycles. The summed E-state index contributed by atoms with van der Waals surface area (Å²) in [6.07, 6.45) is -0.399. The Morgan fingerprint density at radius 1 is 1.07 bits per heavy atom. The minimum Gasteiger partial charge on any atom is -0.450 e. The van der Waals surface area contributed by atoms with Crippen molar-refractivity contribution < 1.29 is 48.7 Å². The quantitative estimate of drug-likeness (QED) is 0.205. The number of carbonyl (C=O) groups excluding carboxylic acids is 2. The highest BCUT2D eigenvalue weighted by Gasteiger charge is 2.34. The van der Waals surface area contributed by atoms with Gasteiger partial charge in [-0.1, -0.05) is 38.2 Å². The number of ether oxygens (including phenoxy) is 4. The highest BCUT2D eigenvalue weighted by atomic mass is 16.7. The molecule has 13 heteroatoms. The lowest BCUT2D eigenvalue weighted by atomic mass is 9.84. The summed E-state index contributed by atoms with van der Waals surface area (Å²) in [7, 11) is 2.89. The number of carbonyl (C=O) groups is 3. The second-order valence-corrected chi connectivity index (χ2v) is 10.6. The third-order valence-corrected chi connectivity index (χ3v) is 7.34. The van der Waals surface area contributed by atoms with Gasteiger partial charge in [-0.15, -0.1) is 0 Å². The Bertz CT molecular complexity index is 1160. The Kier molecular flexibility index (Phi) is 12.8. The number of rotatable bonds is 4. The van der Waals surface area contributed by atoms with Gasteiger partial charge in [-0.25, -0.2) is 9.59 Å². The number of carboxylic acid groups (broad SMARTS) is 1. The molecule has 1 heterocycles. The number of hydrogen-bond acceptors (Lipinski definition) is 10. The monoisotopic (exact) mass is 593 g/mol. The third-order valence-electron chi connectivity index (χ3n) is 7.34. The minimum atomic E-state index is -1.58. The van der Waals surface area contributed by atoms with Crippen molar-refractivity contribution in [1.82, 2.24) is 5.32 Å². The molecule has 2 rings (SSSR count). The lowest BCUT2D eigenvalue weighted by molar-refractivity contribution is -0.117. The predicted octanol–water partition coefficient (Wildman–Crippen LogP) is 2.01. The molecule has 0 saturated heterocycles. The summed E-state index contributed by atoms with van der Waals surface area (Å²) in [6.45, 7) is 6.90. The largest absolute Gasteiger partial charge is 0.506 e. The van der Waals surface area contributed by atoms with E-state index in [1.807, 2.05) is 6.92 Å². The first kappa shape index (κ1) is 34.6. The molecular weight excluding hydrogens is 550 g/mol. The number of amides is 2. The van der Waals surface area contributed by atoms with Crippen LogP contribution in [0.4, 0.5) is 9.59 Å². The summed E-state index contributed by atoms with van der Waals surface area (Å²) < 4.78 is 21.4. The van der Waals surface area contributed by atoms with E-state index in [-0.39, 0.29) is 34.9 Å². The number of fused-ring (bicyclic) bond motifs is 2. The van der Waals surface area contributed by atoms with Crippen LogP contribution in [-0.2, 0) is 23.7 Å². The molecule has 8 atom stereocenters. The SMILES string of the molecule is CO[C@H]1/C=C\C=C(/C)C(=O)NC2=CC(OC(=O)O)C(N)=C(C[C@@H](C)C[C@H](OC)[C@H](O)[C@@H](C)/C=C(\C)[C@@H]1OC(N)=O)C2O. The third kappa shape index (κ3) is 9.18. The second kappa shape index (κ2) is 15.5. The van der Waals surface area contributed by atoms with Crippen LogP contribution in [0.25, 0.3) is 0 Å². The number of aliphatic hydroxyl groups excluding tert-OH is 2. The van der Waals surface area contributed by atoms with Gasteiger partial charge in [-0.3, -0.25) is 4.79 Å². The summed E-state index contributed by atoms with van der Waals surface area (Å²) >= 11 is 0. The maximum absolute atomic E-state index is 13.0. The molecule has 1 aliphatic carbocycles. The fraction of sp³-hybridized carbons (Fsp3) is 0.552. The van der Waals surface area contributed by atoms with E-state index in [4.69, 9.17) is 30.4 Å². The van der Waals surface area contributed by atoms with Crippen LogP contribution >= 0.6 is 0 Å². The zero-order valence-electron chi connectivity index (χ0n) is 24.8. The average molecular weight is 594 g/mol. The molecule has 42 heavy (non-hydrogen) atoms. The van der Waals surface area contributed by atoms with Crippen LogP contribution in [0.3, 0.4) is 0 Å². The van der Waals surface area contributed by atoms with Crippen LogP contribution in [0.5, 0.6) is 0 Å². The van der Waals surface area contributed by atoms with Crippen molar-refractivity contribution in [2.75, 3.05) is 14.2 Å². The van der Waals surface area contributed by atoms with Gasteiger partial charge >= 0.3 is 12.2 Å². The van der Waals surface area contributed by atoms with E-state index < -0.39 is 60.7 Å². The molecule has 2 aliphatic rings. The van der Waals surface area contributed by atoms with E-state index in [0.29, 0.717) is 12.0 Å². The summed E-state index contributed by atoms with van der Waals surface area (Å²) in [5, 5.41) is 34.2. The lowest BCUT2D eigenvalue weighted by Crippen LogP contribution is -2.40. The van der Waals surface area contributed by atoms with Crippen LogP contribution in [-0.4, -0.2) is 84.3 Å². The number of nitrogens with two attached hydrogens (primary N) is 2. The zero-order chi connectivity index (χ0) is 31.7. The summed E-state index contributed by atoms with van der Waals surface area (Å²) in [6, 6.07) is 0. The first-order valence-electron chi connectivity index (χ1n) is 13.5. The zero-order valence-corrected chi connectivity index (χ0v) is 24.8. The van der Waals surface area contributed by atoms with Crippen LogP contribution in [0.2, 0.25) is 0 Å². The number of hydrogen-bond donors (Lipinski definition) is 6. The van der Waals surface area contributed by atoms with Crippen molar-refractivity contribution in [2.45, 2.75) is 77.2 Å². The van der Waals surface area contributed by atoms with Crippen molar-refractivity contribution in [3.05, 3.63) is 58.5 Å². The average Bonchev–Trinajstić information content (AvgIpc) is 2.92. The first-order chi connectivity index (χ1) is 19.7. The van der Waals surface area contributed by atoms with Gasteiger partial charge in [0.05, 0.1) is 23.6 Å². The van der Waals surface area contributed by atoms with Gasteiger partial charge in [0.15, 0.2) is 12.2 Å². The van der Waals surface area contributed by atoms with E-state index >= 15 is 0 Å². The molecule has 0 aromatic heterocycles. The molecule has 2 amide bonds. The minimum absolute atomic E-state index is 0.0127. The summed E-state index contributed by atoms with van der Waals surface area (Å²) in [5.74, 6) is -1.25. The van der Waals surface area contributed by atoms with Crippen LogP contribution in [0, 0.1) is 11.8 Å². The van der Waals surface area contributed by atoms with Gasteiger partial charge in [0.2, 0.25) is 0 Å². The Morgan fingerprint density at radius 2 is 1.74 bits per heavy atom. The number of nitrogens with one attached hydrogen (secondary N) is 1. The molecule has 0 aromatic carbocycles. The van der Waals surface area contributed by atoms with Crippen LogP contribution in [0.15, 0.2) is 58.5 Å². The van der Waals surface area contributed by atoms with Gasteiger partial charge in [0.25, 0.3) is 5.91 Å². The Hall–Kier alpha value is -3.65. The standard InChI is InChI=1S/C29H43N3O10/c1-14-10-18-23(30)21(41-29(37)38)13-19(25(18)34)32-27(35)15(2)8-7-9-20(39-5)26(42-28(31)36)17(4)12-16(3)24(33)22(11-14)40-6/h7-9,12-14,16,20-22,24-26,33-34H,10-11,30H2,1-6H3,(H2,31,36)(H,32,35)(H,37,38)/b9-7-,15-8+,17-12+/t14-,16+,20+,21?,22+,24-,25?,26+/m1/s1. The van der Waals surface area contributed by atoms with E-state index in [1.165, 1.54) is 39.4 Å². The molecule has 13 nitrogen and oxygen atoms in total. The molecule has 0 radical (unpaired) electrons. The first-order valence-corrected chi connectivity index (χ1v) is 13.5. The summed E-state index contributed by atoms with van der Waals surface area (Å²) in [4.78, 5) is 36.0. The number of allylic oxidation sites excluding steroid dienone is 2. The van der Waals surface area contributed by atoms with Gasteiger partial charge in [-0.2, -0.15) is 0 Å². The van der Waals surface area contributed by atoms with E-state index in [9.17, 15) is 29.7 Å². The maximum Gasteiger partial charge on any atom is 0.506 e. The van der Waals surface area contributed by atoms with Crippen LogP contribution in [0.1, 0.15) is 40.5 Å². The van der Waals surface area contributed by atoms with E-state index in [1.54, 1.807) is 26.0 Å². The molecule has 0 spiro atoms. The van der Waals surface area contributed by atoms with Gasteiger partial charge in [0, 0.05) is 25.7 Å². The molecular formula is C29H43N3O10. The number of primary amides is 1. The van der Waals surface area contributed by atoms with Crippen molar-refractivity contribution in [2.24, 2.45) is 23.3 Å². The van der Waals surface area contributed by atoms with Crippen LogP contribution < -0.4 is 16.8 Å². The van der Waals surface area contributed by atoms with E-state index in [0.717, 1.165) is 0 Å². The van der Waals surface area contributed by atoms with Crippen molar-refractivity contribution in [3.8, 4) is 0 Å². The van der Waals surface area contributed by atoms with Crippen molar-refractivity contribution >= 4 is 18.2 Å². The Balaban J connectivity index is 2.62. The van der Waals surface area contributed by atoms with Gasteiger partial charge in [-0.05, 0) is 49.8 Å². The highest BCUT2D eigenvalue weighted by molar-refractivity contribution is 5.94. The van der Waals surface area contributed by atoms with E-state index in [2.05, 4.69) is 5.32 Å². The topological polar surface area (TPSA) is 213 Å².